The summed E-state index contributed by atoms with van der Waals surface area (Å²) in [4.78, 5) is 9.96. The molecule has 0 aliphatic heterocycles. The first-order valence-electron chi connectivity index (χ1n) is 5.41. The molecule has 0 fully saturated rings. The van der Waals surface area contributed by atoms with Crippen LogP contribution in [0.3, 0.4) is 0 Å². The molecule has 0 aromatic rings. The first kappa shape index (κ1) is 16.3. The summed E-state index contributed by atoms with van der Waals surface area (Å²) < 4.78 is 0. The summed E-state index contributed by atoms with van der Waals surface area (Å²) in [5.41, 5.74) is 5.86. The number of nitrogens with one attached hydrogen (secondary N) is 1. The second-order valence-corrected chi connectivity index (χ2v) is 2.86. The van der Waals surface area contributed by atoms with Crippen molar-refractivity contribution in [3.63, 3.8) is 0 Å². The molecule has 0 aromatic heterocycles. The molecule has 0 rings (SSSR count). The molecule has 0 unspecified atom stereocenters. The number of hydrogen-bond donors (Lipinski definition) is 2. The molecular formula is C12H24N2O. The molecule has 0 heterocycles. The van der Waals surface area contributed by atoms with Crippen LogP contribution in [0.5, 0.6) is 0 Å². The Hall–Kier alpha value is -1.09. The maximum absolute atomic E-state index is 9.96. The van der Waals surface area contributed by atoms with E-state index in [1.165, 1.54) is 12.6 Å². The van der Waals surface area contributed by atoms with Gasteiger partial charge in [-0.3, -0.25) is 4.79 Å². The Bertz CT molecular complexity index is 186. The molecule has 0 aromatic carbocycles. The minimum absolute atomic E-state index is 0.749. The van der Waals surface area contributed by atoms with Crippen molar-refractivity contribution >= 4 is 6.41 Å². The molecule has 1 amide bonds. The van der Waals surface area contributed by atoms with Crippen molar-refractivity contribution in [2.75, 3.05) is 13.6 Å². The third-order valence-electron chi connectivity index (χ3n) is 1.72. The van der Waals surface area contributed by atoms with Crippen LogP contribution in [0.25, 0.3) is 0 Å². The van der Waals surface area contributed by atoms with Gasteiger partial charge in [-0.05, 0) is 33.2 Å². The normalized spacial score (nSPS) is 10.8. The fourth-order valence-corrected chi connectivity index (χ4v) is 1.18. The predicted molar refractivity (Wildman–Crippen MR) is 66.6 cm³/mol. The van der Waals surface area contributed by atoms with Gasteiger partial charge in [0, 0.05) is 6.54 Å². The molecule has 3 N–H and O–H groups in total. The van der Waals surface area contributed by atoms with Crippen LogP contribution >= 0.6 is 0 Å². The van der Waals surface area contributed by atoms with Crippen molar-refractivity contribution in [2.24, 2.45) is 5.73 Å². The van der Waals surface area contributed by atoms with Crippen molar-refractivity contribution in [1.29, 1.82) is 0 Å². The fourth-order valence-electron chi connectivity index (χ4n) is 1.18. The van der Waals surface area contributed by atoms with E-state index in [4.69, 9.17) is 0 Å². The second-order valence-electron chi connectivity index (χ2n) is 2.86. The molecular weight excluding hydrogens is 188 g/mol. The van der Waals surface area contributed by atoms with Crippen molar-refractivity contribution < 1.29 is 4.79 Å². The van der Waals surface area contributed by atoms with Gasteiger partial charge in [0.2, 0.25) is 6.41 Å². The van der Waals surface area contributed by atoms with E-state index in [0.29, 0.717) is 0 Å². The highest BCUT2D eigenvalue weighted by atomic mass is 16.1. The van der Waals surface area contributed by atoms with Crippen LogP contribution in [0.1, 0.15) is 33.1 Å². The summed E-state index contributed by atoms with van der Waals surface area (Å²) in [5, 5.41) is 2.66. The van der Waals surface area contributed by atoms with Gasteiger partial charge < -0.3 is 11.1 Å². The molecule has 0 saturated heterocycles. The zero-order chi connectivity index (χ0) is 11.9. The highest BCUT2D eigenvalue weighted by Crippen LogP contribution is 2.07. The molecule has 0 bridgehead atoms. The van der Waals surface area contributed by atoms with Gasteiger partial charge in [0.1, 0.15) is 0 Å². The van der Waals surface area contributed by atoms with Crippen LogP contribution in [-0.2, 0) is 4.79 Å². The van der Waals surface area contributed by atoms with E-state index in [1.54, 1.807) is 0 Å². The predicted octanol–water partition coefficient (Wildman–Crippen LogP) is 2.00. The molecule has 0 aliphatic rings. The zero-order valence-electron chi connectivity index (χ0n) is 10.1. The highest BCUT2D eigenvalue weighted by molar-refractivity contribution is 5.45. The number of hydrogen-bond acceptors (Lipinski definition) is 2. The van der Waals surface area contributed by atoms with Crippen molar-refractivity contribution in [1.82, 2.24) is 5.32 Å². The Kier molecular flexibility index (Phi) is 16.8. The van der Waals surface area contributed by atoms with Crippen LogP contribution in [-0.4, -0.2) is 20.0 Å². The number of allylic oxidation sites excluding steroid dienone is 4. The smallest absolute Gasteiger partial charge is 0.207 e. The minimum atomic E-state index is 0.749. The molecule has 3 nitrogen and oxygen atoms in total. The molecule has 88 valence electrons. The average Bonchev–Trinajstić information content (AvgIpc) is 2.28. The summed E-state index contributed by atoms with van der Waals surface area (Å²) >= 11 is 0. The van der Waals surface area contributed by atoms with E-state index in [2.05, 4.69) is 36.2 Å². The summed E-state index contributed by atoms with van der Waals surface area (Å²) in [5.74, 6) is 0. The summed E-state index contributed by atoms with van der Waals surface area (Å²) in [7, 11) is 1.50. The van der Waals surface area contributed by atoms with Gasteiger partial charge in [-0.1, -0.05) is 30.7 Å². The van der Waals surface area contributed by atoms with Gasteiger partial charge in [0.25, 0.3) is 0 Å². The van der Waals surface area contributed by atoms with E-state index in [-0.39, 0.29) is 0 Å². The maximum Gasteiger partial charge on any atom is 0.207 e. The fraction of sp³-hybridized carbons (Fsp3) is 0.583. The van der Waals surface area contributed by atoms with E-state index < -0.39 is 0 Å². The van der Waals surface area contributed by atoms with Crippen LogP contribution in [0.4, 0.5) is 0 Å². The largest absolute Gasteiger partial charge is 0.359 e. The van der Waals surface area contributed by atoms with E-state index in [1.807, 2.05) is 6.92 Å². The molecule has 0 aliphatic carbocycles. The van der Waals surface area contributed by atoms with Crippen molar-refractivity contribution in [2.45, 2.75) is 33.1 Å². The van der Waals surface area contributed by atoms with E-state index in [9.17, 15) is 4.79 Å². The second kappa shape index (κ2) is 15.4. The van der Waals surface area contributed by atoms with Crippen LogP contribution < -0.4 is 11.1 Å². The Balaban J connectivity index is 0. The van der Waals surface area contributed by atoms with Crippen molar-refractivity contribution in [3.05, 3.63) is 23.8 Å². The topological polar surface area (TPSA) is 55.1 Å². The van der Waals surface area contributed by atoms with Gasteiger partial charge in [-0.15, -0.1) is 0 Å². The third-order valence-corrected chi connectivity index (χ3v) is 1.72. The number of carbonyl (C=O) groups excluding carboxylic acids is 1. The highest BCUT2D eigenvalue weighted by Gasteiger charge is 1.91. The lowest BCUT2D eigenvalue weighted by molar-refractivity contribution is -0.109. The first-order valence-corrected chi connectivity index (χ1v) is 5.41. The third kappa shape index (κ3) is 12.9. The maximum atomic E-state index is 9.96. The zero-order valence-corrected chi connectivity index (χ0v) is 10.1. The number of nitrogens with two attached hydrogens (primary N) is 1. The summed E-state index contributed by atoms with van der Waals surface area (Å²) in [6.45, 7) is 4.92. The Morgan fingerprint density at radius 2 is 2.07 bits per heavy atom. The Morgan fingerprint density at radius 3 is 2.53 bits per heavy atom. The van der Waals surface area contributed by atoms with Crippen LogP contribution in [0.2, 0.25) is 0 Å². The molecule has 0 radical (unpaired) electrons. The van der Waals surface area contributed by atoms with Crippen LogP contribution in [0.15, 0.2) is 23.8 Å². The molecule has 3 heteroatoms. The monoisotopic (exact) mass is 212 g/mol. The Labute approximate surface area is 93.4 Å². The van der Waals surface area contributed by atoms with Gasteiger partial charge in [0.15, 0.2) is 0 Å². The van der Waals surface area contributed by atoms with Crippen LogP contribution in [0, 0.1) is 0 Å². The van der Waals surface area contributed by atoms with Gasteiger partial charge in [-0.2, -0.15) is 0 Å². The van der Waals surface area contributed by atoms with Gasteiger partial charge in [-0.25, -0.2) is 0 Å². The molecule has 0 atom stereocenters. The summed E-state index contributed by atoms with van der Waals surface area (Å²) in [6.07, 6.45) is 10.3. The lowest BCUT2D eigenvalue weighted by Gasteiger charge is -2.01. The lowest BCUT2D eigenvalue weighted by Crippen LogP contribution is -2.11. The lowest BCUT2D eigenvalue weighted by atomic mass is 10.1. The number of amides is 1. The average molecular weight is 212 g/mol. The number of carbonyl (C=O) groups is 1. The van der Waals surface area contributed by atoms with Gasteiger partial charge >= 0.3 is 0 Å². The first-order chi connectivity index (χ1) is 7.35. The summed E-state index contributed by atoms with van der Waals surface area (Å²) in [6, 6.07) is 0. The Morgan fingerprint density at radius 1 is 1.40 bits per heavy atom. The van der Waals surface area contributed by atoms with E-state index in [0.717, 1.165) is 32.2 Å². The van der Waals surface area contributed by atoms with Gasteiger partial charge in [0.05, 0.1) is 0 Å². The SMILES string of the molecule is C/C=C\C(=C/CC)CCCNC=O.CN. The molecule has 15 heavy (non-hydrogen) atoms. The van der Waals surface area contributed by atoms with E-state index >= 15 is 0 Å². The molecule has 0 saturated carbocycles. The molecule has 0 spiro atoms. The standard InChI is InChI=1S/C11H19NO.CH5N/c1-3-6-11(7-4-2)8-5-9-12-10-13;1-2/h3,6-7,10H,4-5,8-9H2,1-2H3,(H,12,13);2H2,1H3/b6-3-,11-7+;. The number of rotatable bonds is 7. The minimum Gasteiger partial charge on any atom is -0.359 e. The van der Waals surface area contributed by atoms with Crippen molar-refractivity contribution in [3.8, 4) is 0 Å². The quantitative estimate of drug-likeness (QED) is 0.385.